The van der Waals surface area contributed by atoms with E-state index in [1.807, 2.05) is 156 Å². The summed E-state index contributed by atoms with van der Waals surface area (Å²) < 4.78 is 4.24. The van der Waals surface area contributed by atoms with Gasteiger partial charge < -0.3 is 18.8 Å². The second kappa shape index (κ2) is 23.3. The van der Waals surface area contributed by atoms with Gasteiger partial charge in [0, 0.05) is 81.9 Å². The lowest BCUT2D eigenvalue weighted by Crippen LogP contribution is -2.01. The molecular weight excluding hydrogens is 1020 g/mol. The standard InChI is InChI=1S/C64H54N4O8S2/c1-39(65-75-41(3)69)43-17-25-49(26-18-43)67-55-29-21-45(35-51(55)53-37-47(23-31-57(53)67)63(73)61-15-11-33-77-61)59(71)13-9-7-5-6-8-10-14-60(72)46-22-30-56-52(36-46)54-38-48(64(74)62-16-12-34-78-62)24-32-58(54)68(56)50-27-19-44(20-28-50)40(2)66-76-42(4)70/h11-12,15-38H,5-10,13-14H2,1-4H3/b65-39-,66-40-. The highest BCUT2D eigenvalue weighted by Crippen LogP contribution is 2.37. The third-order valence-electron chi connectivity index (χ3n) is 14.0. The number of unbranched alkanes of at least 4 members (excludes halogenated alkanes) is 5. The molecule has 0 fully saturated rings. The fourth-order valence-corrected chi connectivity index (χ4v) is 11.3. The smallest absolute Gasteiger partial charge is 0.318 e. The van der Waals surface area contributed by atoms with Gasteiger partial charge in [0.25, 0.3) is 0 Å². The molecule has 4 heterocycles. The molecule has 0 bridgehead atoms. The van der Waals surface area contributed by atoms with Crippen LogP contribution in [0, 0.1) is 0 Å². The summed E-state index contributed by atoms with van der Waals surface area (Å²) in [7, 11) is 0. The molecule has 0 aliphatic rings. The van der Waals surface area contributed by atoms with Gasteiger partial charge in [-0.1, -0.05) is 72.4 Å². The molecule has 0 N–H and O–H groups in total. The van der Waals surface area contributed by atoms with Crippen LogP contribution in [0.1, 0.15) is 141 Å². The van der Waals surface area contributed by atoms with E-state index in [0.29, 0.717) is 56.3 Å². The van der Waals surface area contributed by atoms with E-state index in [9.17, 15) is 28.8 Å². The lowest BCUT2D eigenvalue weighted by Gasteiger charge is -2.10. The molecule has 0 aliphatic carbocycles. The fraction of sp³-hybridized carbons (Fsp3) is 0.188. The molecule has 10 rings (SSSR count). The number of carbonyl (C=O) groups is 6. The maximum Gasteiger partial charge on any atom is 0.331 e. The van der Waals surface area contributed by atoms with E-state index >= 15 is 0 Å². The van der Waals surface area contributed by atoms with Crippen LogP contribution >= 0.6 is 22.7 Å². The van der Waals surface area contributed by atoms with Crippen LogP contribution in [0.4, 0.5) is 0 Å². The molecule has 390 valence electrons. The molecule has 4 aromatic heterocycles. The molecule has 0 unspecified atom stereocenters. The summed E-state index contributed by atoms with van der Waals surface area (Å²) in [5.74, 6) is -0.989. The van der Waals surface area contributed by atoms with Crippen molar-refractivity contribution in [3.05, 3.63) is 199 Å². The van der Waals surface area contributed by atoms with Crippen molar-refractivity contribution in [3.8, 4) is 11.4 Å². The Morgan fingerprint density at radius 3 is 1.05 bits per heavy atom. The van der Waals surface area contributed by atoms with Crippen LogP contribution in [-0.4, -0.2) is 55.6 Å². The Bertz CT molecular complexity index is 3750. The van der Waals surface area contributed by atoms with Crippen LogP contribution in [0.15, 0.2) is 167 Å². The third-order valence-corrected chi connectivity index (χ3v) is 15.7. The minimum absolute atomic E-state index is 0.0563. The van der Waals surface area contributed by atoms with Gasteiger partial charge in [-0.3, -0.25) is 19.2 Å². The molecule has 0 saturated carbocycles. The number of thiophene rings is 2. The summed E-state index contributed by atoms with van der Waals surface area (Å²) in [4.78, 5) is 88.4. The van der Waals surface area contributed by atoms with Crippen LogP contribution in [0.2, 0.25) is 0 Å². The number of rotatable bonds is 21. The number of aromatic nitrogens is 2. The molecule has 6 aromatic carbocycles. The van der Waals surface area contributed by atoms with Crippen molar-refractivity contribution >= 4 is 113 Å². The molecule has 0 spiro atoms. The Morgan fingerprint density at radius 1 is 0.397 bits per heavy atom. The molecule has 78 heavy (non-hydrogen) atoms. The number of nitrogens with zero attached hydrogens (tertiary/aromatic N) is 4. The van der Waals surface area contributed by atoms with Gasteiger partial charge in [-0.2, -0.15) is 0 Å². The monoisotopic (exact) mass is 1070 g/mol. The average Bonchev–Trinajstić information content (AvgIpc) is 4.33. The van der Waals surface area contributed by atoms with Crippen molar-refractivity contribution in [2.45, 2.75) is 79.1 Å². The van der Waals surface area contributed by atoms with Crippen molar-refractivity contribution in [2.24, 2.45) is 10.3 Å². The lowest BCUT2D eigenvalue weighted by molar-refractivity contribution is -0.141. The van der Waals surface area contributed by atoms with Crippen molar-refractivity contribution in [1.29, 1.82) is 0 Å². The van der Waals surface area contributed by atoms with Gasteiger partial charge in [-0.05, 0) is 158 Å². The van der Waals surface area contributed by atoms with Crippen LogP contribution in [0.5, 0.6) is 0 Å². The third kappa shape index (κ3) is 11.2. The van der Waals surface area contributed by atoms with Crippen molar-refractivity contribution in [1.82, 2.24) is 9.13 Å². The van der Waals surface area contributed by atoms with E-state index in [1.165, 1.54) is 36.5 Å². The van der Waals surface area contributed by atoms with Crippen LogP contribution < -0.4 is 0 Å². The summed E-state index contributed by atoms with van der Waals surface area (Å²) in [6, 6.07) is 46.0. The SMILES string of the molecule is CC(=O)O/N=C(/C)c1ccc(-n2c3ccc(C(=O)CCCCCCCCC(=O)c4ccc5c(c4)c4cc(C(=O)c6cccs6)ccc4n5-c4ccc(/C(C)=N\OC(C)=O)cc4)cc3c3cc(C(=O)c4cccs4)ccc32)cc1. The van der Waals surface area contributed by atoms with Gasteiger partial charge in [0.1, 0.15) is 0 Å². The number of oxime groups is 2. The molecular formula is C64H54N4O8S2. The molecule has 0 aliphatic heterocycles. The highest BCUT2D eigenvalue weighted by molar-refractivity contribution is 7.12. The second-order valence-electron chi connectivity index (χ2n) is 19.3. The van der Waals surface area contributed by atoms with E-state index in [1.54, 1.807) is 13.8 Å². The van der Waals surface area contributed by atoms with Gasteiger partial charge in [-0.25, -0.2) is 9.59 Å². The quantitative estimate of drug-likeness (QED) is 0.0226. The van der Waals surface area contributed by atoms with Crippen LogP contribution in [0.3, 0.4) is 0 Å². The maximum atomic E-state index is 13.8. The Kier molecular flexibility index (Phi) is 15.7. The molecule has 0 radical (unpaired) electrons. The number of benzene rings is 6. The largest absolute Gasteiger partial charge is 0.331 e. The molecule has 10 aromatic rings. The van der Waals surface area contributed by atoms with Crippen molar-refractivity contribution < 1.29 is 38.4 Å². The van der Waals surface area contributed by atoms with Gasteiger partial charge in [-0.15, -0.1) is 22.7 Å². The predicted molar refractivity (Wildman–Crippen MR) is 311 cm³/mol. The summed E-state index contributed by atoms with van der Waals surface area (Å²) >= 11 is 2.80. The highest BCUT2D eigenvalue weighted by atomic mass is 32.1. The van der Waals surface area contributed by atoms with Gasteiger partial charge in [0.05, 0.1) is 43.2 Å². The minimum Gasteiger partial charge on any atom is -0.318 e. The Labute approximate surface area is 458 Å². The van der Waals surface area contributed by atoms with Gasteiger partial charge >= 0.3 is 11.9 Å². The Balaban J connectivity index is 0.787. The van der Waals surface area contributed by atoms with E-state index in [-0.39, 0.29) is 23.1 Å². The molecule has 0 saturated heterocycles. The second-order valence-corrected chi connectivity index (χ2v) is 21.2. The molecule has 14 heteroatoms. The summed E-state index contributed by atoms with van der Waals surface area (Å²) in [5, 5.41) is 15.1. The average molecular weight is 1070 g/mol. The van der Waals surface area contributed by atoms with Crippen LogP contribution in [0.25, 0.3) is 55.0 Å². The van der Waals surface area contributed by atoms with Crippen molar-refractivity contribution in [2.75, 3.05) is 0 Å². The molecule has 0 amide bonds. The summed E-state index contributed by atoms with van der Waals surface area (Å²) in [6.07, 6.45) is 5.95. The topological polar surface area (TPSA) is 155 Å². The highest BCUT2D eigenvalue weighted by Gasteiger charge is 2.21. The van der Waals surface area contributed by atoms with Gasteiger partial charge in [0.2, 0.25) is 11.6 Å². The summed E-state index contributed by atoms with van der Waals surface area (Å²) in [6.45, 7) is 6.15. The zero-order chi connectivity index (χ0) is 54.5. The van der Waals surface area contributed by atoms with Crippen molar-refractivity contribution in [3.63, 3.8) is 0 Å². The number of hydrogen-bond donors (Lipinski definition) is 0. The van der Waals surface area contributed by atoms with Gasteiger partial charge in [0.15, 0.2) is 11.6 Å². The summed E-state index contributed by atoms with van der Waals surface area (Å²) in [5.41, 5.74) is 10.4. The van der Waals surface area contributed by atoms with E-state index < -0.39 is 11.9 Å². The predicted octanol–water partition coefficient (Wildman–Crippen LogP) is 15.2. The van der Waals surface area contributed by atoms with E-state index in [4.69, 9.17) is 9.68 Å². The zero-order valence-corrected chi connectivity index (χ0v) is 45.2. The molecule has 12 nitrogen and oxygen atoms in total. The maximum absolute atomic E-state index is 13.8. The normalized spacial score (nSPS) is 11.9. The van der Waals surface area contributed by atoms with E-state index in [0.717, 1.165) is 105 Å². The molecule has 0 atom stereocenters. The fourth-order valence-electron chi connectivity index (χ4n) is 9.97. The van der Waals surface area contributed by atoms with Crippen LogP contribution in [-0.2, 0) is 19.3 Å². The number of hydrogen-bond acceptors (Lipinski definition) is 12. The first-order valence-electron chi connectivity index (χ1n) is 25.9. The van der Waals surface area contributed by atoms with E-state index in [2.05, 4.69) is 19.4 Å². The Morgan fingerprint density at radius 2 is 0.718 bits per heavy atom. The zero-order valence-electron chi connectivity index (χ0n) is 43.5. The minimum atomic E-state index is -0.496. The number of carbonyl (C=O) groups excluding carboxylic acids is 6. The number of ketones is 4. The first-order valence-corrected chi connectivity index (χ1v) is 27.6. The number of Topliss-reactive ketones (excluding diaryl/α,β-unsaturated/α-hetero) is 2. The lowest BCUT2D eigenvalue weighted by atomic mass is 9.99. The first kappa shape index (κ1) is 52.7. The number of fused-ring (bicyclic) bond motifs is 6. The Hall–Kier alpha value is -8.72. The first-order chi connectivity index (χ1) is 37.8.